The zero-order valence-electron chi connectivity index (χ0n) is 16.1. The molecule has 0 fully saturated rings. The molecule has 1 aliphatic rings. The van der Waals surface area contributed by atoms with E-state index in [1.807, 2.05) is 6.07 Å². The van der Waals surface area contributed by atoms with Crippen LogP contribution < -0.4 is 10.5 Å². The predicted molar refractivity (Wildman–Crippen MR) is 110 cm³/mol. The summed E-state index contributed by atoms with van der Waals surface area (Å²) in [5, 5.41) is 0. The van der Waals surface area contributed by atoms with Gasteiger partial charge in [0.1, 0.15) is 6.33 Å². The zero-order valence-corrected chi connectivity index (χ0v) is 16.1. The summed E-state index contributed by atoms with van der Waals surface area (Å²) < 4.78 is 1.61. The molecule has 1 atom stereocenters. The van der Waals surface area contributed by atoms with Gasteiger partial charge >= 0.3 is 0 Å². The molecular weight excluding hydrogens is 350 g/mol. The lowest BCUT2D eigenvalue weighted by Gasteiger charge is -2.32. The summed E-state index contributed by atoms with van der Waals surface area (Å²) in [7, 11) is 1.77. The van der Waals surface area contributed by atoms with Crippen molar-refractivity contribution >= 4 is 5.95 Å². The summed E-state index contributed by atoms with van der Waals surface area (Å²) in [6, 6.07) is 13.8. The molecule has 1 unspecified atom stereocenters. The molecule has 3 aromatic rings. The second-order valence-corrected chi connectivity index (χ2v) is 7.05. The molecule has 0 radical (unpaired) electrons. The predicted octanol–water partition coefficient (Wildman–Crippen LogP) is 3.18. The molecule has 0 bridgehead atoms. The number of rotatable bonds is 4. The number of hydrogen-bond donors (Lipinski definition) is 0. The summed E-state index contributed by atoms with van der Waals surface area (Å²) in [5.41, 5.74) is 3.78. The number of nitrogens with zero attached hydrogens (tertiary/aromatic N) is 5. The third-order valence-electron chi connectivity index (χ3n) is 5.27. The van der Waals surface area contributed by atoms with Crippen molar-refractivity contribution in [2.24, 2.45) is 7.05 Å². The van der Waals surface area contributed by atoms with Crippen molar-refractivity contribution in [1.29, 1.82) is 0 Å². The van der Waals surface area contributed by atoms with E-state index in [-0.39, 0.29) is 5.56 Å². The average molecular weight is 373 g/mol. The Morgan fingerprint density at radius 1 is 1.11 bits per heavy atom. The van der Waals surface area contributed by atoms with E-state index in [4.69, 9.17) is 4.98 Å². The number of benzene rings is 1. The maximum absolute atomic E-state index is 12.6. The maximum atomic E-state index is 12.6. The van der Waals surface area contributed by atoms with Crippen LogP contribution in [0.2, 0.25) is 0 Å². The molecule has 142 valence electrons. The minimum atomic E-state index is -0.0918. The van der Waals surface area contributed by atoms with Gasteiger partial charge in [-0.3, -0.25) is 9.36 Å². The number of aromatic nitrogens is 4. The Hall–Kier alpha value is -3.28. The molecule has 4 rings (SSSR count). The van der Waals surface area contributed by atoms with Gasteiger partial charge in [0.2, 0.25) is 5.95 Å². The topological polar surface area (TPSA) is 63.9 Å². The highest BCUT2D eigenvalue weighted by molar-refractivity contribution is 5.55. The molecule has 28 heavy (non-hydrogen) atoms. The van der Waals surface area contributed by atoms with Gasteiger partial charge < -0.3 is 4.90 Å². The van der Waals surface area contributed by atoms with E-state index in [0.29, 0.717) is 23.3 Å². The fourth-order valence-electron chi connectivity index (χ4n) is 3.59. The van der Waals surface area contributed by atoms with E-state index in [2.05, 4.69) is 52.1 Å². The minimum absolute atomic E-state index is 0.0918. The van der Waals surface area contributed by atoms with Crippen molar-refractivity contribution in [3.05, 3.63) is 82.6 Å². The van der Waals surface area contributed by atoms with Crippen LogP contribution in [0.1, 0.15) is 24.8 Å². The van der Waals surface area contributed by atoms with Crippen LogP contribution >= 0.6 is 0 Å². The summed E-state index contributed by atoms with van der Waals surface area (Å²) >= 11 is 0. The van der Waals surface area contributed by atoms with Gasteiger partial charge in [-0.05, 0) is 23.6 Å². The Bertz CT molecular complexity index is 1040. The largest absolute Gasteiger partial charge is 0.338 e. The molecule has 3 heterocycles. The third-order valence-corrected chi connectivity index (χ3v) is 5.27. The molecule has 0 amide bonds. The number of hydrogen-bond acceptors (Lipinski definition) is 5. The van der Waals surface area contributed by atoms with Gasteiger partial charge in [-0.2, -0.15) is 0 Å². The molecule has 0 saturated heterocycles. The zero-order chi connectivity index (χ0) is 19.5. The summed E-state index contributed by atoms with van der Waals surface area (Å²) in [5.74, 6) is 0.998. The first-order chi connectivity index (χ1) is 13.6. The van der Waals surface area contributed by atoms with Crippen molar-refractivity contribution in [3.8, 4) is 11.4 Å². The Balaban J connectivity index is 1.65. The highest BCUT2D eigenvalue weighted by Gasteiger charge is 2.22. The van der Waals surface area contributed by atoms with Gasteiger partial charge in [-0.1, -0.05) is 43.3 Å². The van der Waals surface area contributed by atoms with Crippen LogP contribution in [-0.4, -0.2) is 32.6 Å². The monoisotopic (exact) mass is 373 g/mol. The molecule has 0 spiro atoms. The van der Waals surface area contributed by atoms with E-state index < -0.39 is 0 Å². The smallest absolute Gasteiger partial charge is 0.255 e. The quantitative estimate of drug-likeness (QED) is 0.657. The van der Waals surface area contributed by atoms with Crippen LogP contribution in [0, 0.1) is 0 Å². The average Bonchev–Trinajstić information content (AvgIpc) is 2.76. The lowest BCUT2D eigenvalue weighted by atomic mass is 9.90. The second-order valence-electron chi connectivity index (χ2n) is 7.05. The van der Waals surface area contributed by atoms with Crippen molar-refractivity contribution in [3.63, 3.8) is 0 Å². The van der Waals surface area contributed by atoms with Crippen molar-refractivity contribution in [2.45, 2.75) is 19.3 Å². The van der Waals surface area contributed by atoms with Gasteiger partial charge in [-0.25, -0.2) is 15.0 Å². The molecule has 0 N–H and O–H groups in total. The first-order valence-electron chi connectivity index (χ1n) is 9.47. The third kappa shape index (κ3) is 3.58. The molecule has 2 aromatic heterocycles. The van der Waals surface area contributed by atoms with Crippen molar-refractivity contribution in [2.75, 3.05) is 18.0 Å². The van der Waals surface area contributed by atoms with Gasteiger partial charge in [-0.15, -0.1) is 0 Å². The SMILES string of the molecule is CC(C1=CCCN(c2nc(-c3ccncn3)cc(=O)n2C)C1)c1ccccc1. The molecule has 6 nitrogen and oxygen atoms in total. The van der Waals surface area contributed by atoms with Gasteiger partial charge in [0, 0.05) is 38.3 Å². The lowest BCUT2D eigenvalue weighted by molar-refractivity contribution is 0.679. The van der Waals surface area contributed by atoms with Gasteiger partial charge in [0.25, 0.3) is 5.56 Å². The van der Waals surface area contributed by atoms with Gasteiger partial charge in [0.05, 0.1) is 11.4 Å². The summed E-state index contributed by atoms with van der Waals surface area (Å²) in [4.78, 5) is 27.7. The Morgan fingerprint density at radius 2 is 1.93 bits per heavy atom. The van der Waals surface area contributed by atoms with E-state index >= 15 is 0 Å². The van der Waals surface area contributed by atoms with E-state index in [0.717, 1.165) is 19.5 Å². The Kier molecular flexibility index (Phi) is 5.02. The second kappa shape index (κ2) is 7.76. The Morgan fingerprint density at radius 3 is 2.68 bits per heavy atom. The van der Waals surface area contributed by atoms with Crippen LogP contribution in [0.3, 0.4) is 0 Å². The first-order valence-corrected chi connectivity index (χ1v) is 9.47. The molecule has 1 aliphatic heterocycles. The minimum Gasteiger partial charge on any atom is -0.338 e. The Labute approximate surface area is 164 Å². The molecule has 0 aliphatic carbocycles. The maximum Gasteiger partial charge on any atom is 0.255 e. The van der Waals surface area contributed by atoms with Crippen LogP contribution in [-0.2, 0) is 7.05 Å². The van der Waals surface area contributed by atoms with Crippen molar-refractivity contribution < 1.29 is 0 Å². The van der Waals surface area contributed by atoms with E-state index in [1.165, 1.54) is 23.5 Å². The molecule has 0 saturated carbocycles. The van der Waals surface area contributed by atoms with Crippen LogP contribution in [0.4, 0.5) is 5.95 Å². The summed E-state index contributed by atoms with van der Waals surface area (Å²) in [6.07, 6.45) is 6.38. The van der Waals surface area contributed by atoms with Crippen LogP contribution in [0.25, 0.3) is 11.4 Å². The highest BCUT2D eigenvalue weighted by atomic mass is 16.1. The standard InChI is InChI=1S/C22H23N5O/c1-16(17-7-4-3-5-8-17)18-9-6-12-27(14-18)22-25-20(13-21(28)26(22)2)19-10-11-23-15-24-19/h3-5,7-11,13,15-16H,6,12,14H2,1-2H3. The van der Waals surface area contributed by atoms with Crippen LogP contribution in [0.5, 0.6) is 0 Å². The summed E-state index contributed by atoms with van der Waals surface area (Å²) in [6.45, 7) is 3.82. The van der Waals surface area contributed by atoms with Crippen LogP contribution in [0.15, 0.2) is 71.4 Å². The number of anilines is 1. The molecule has 6 heteroatoms. The normalized spacial score (nSPS) is 15.2. The lowest BCUT2D eigenvalue weighted by Crippen LogP contribution is -2.36. The highest BCUT2D eigenvalue weighted by Crippen LogP contribution is 2.29. The fourth-order valence-corrected chi connectivity index (χ4v) is 3.59. The van der Waals surface area contributed by atoms with E-state index in [9.17, 15) is 4.79 Å². The molecule has 1 aromatic carbocycles. The van der Waals surface area contributed by atoms with E-state index in [1.54, 1.807) is 23.9 Å². The van der Waals surface area contributed by atoms with Crippen molar-refractivity contribution in [1.82, 2.24) is 19.5 Å². The first kappa shape index (κ1) is 18.1. The van der Waals surface area contributed by atoms with Gasteiger partial charge in [0.15, 0.2) is 0 Å². The molecular formula is C22H23N5O. The fraction of sp³-hybridized carbons (Fsp3) is 0.273.